The van der Waals surface area contributed by atoms with E-state index in [1.165, 1.54) is 0 Å². The highest BCUT2D eigenvalue weighted by Crippen LogP contribution is 2.34. The van der Waals surface area contributed by atoms with Crippen molar-refractivity contribution in [3.63, 3.8) is 0 Å². The molecule has 1 aliphatic carbocycles. The number of pyridine rings is 3. The van der Waals surface area contributed by atoms with E-state index >= 15 is 0 Å². The monoisotopic (exact) mass is 496 g/mol. The molecule has 5 aromatic heterocycles. The van der Waals surface area contributed by atoms with Crippen LogP contribution in [0, 0.1) is 5.92 Å². The lowest BCUT2D eigenvalue weighted by Crippen LogP contribution is -2.44. The van der Waals surface area contributed by atoms with Crippen LogP contribution in [-0.4, -0.2) is 84.6 Å². The van der Waals surface area contributed by atoms with E-state index in [1.807, 2.05) is 24.5 Å². The van der Waals surface area contributed by atoms with Gasteiger partial charge in [0.05, 0.1) is 52.9 Å². The van der Waals surface area contributed by atoms with Crippen molar-refractivity contribution in [1.29, 1.82) is 0 Å². The summed E-state index contributed by atoms with van der Waals surface area (Å²) in [5.74, 6) is 1.00. The standard InChI is InChI=1S/C26H28N10O/c1-35-4-6-36(7-5-35)22-14-28-12-21-24(22)32-25(31-21)23-18-9-19(29-13-20(18)33-34-23)16-8-17(11-27-10-16)30-26(37)15-2-3-15/h8-15,26,30,37H,2-7H2,1H3,(H,31,32)(H,33,34). The molecule has 11 heteroatoms. The lowest BCUT2D eigenvalue weighted by molar-refractivity contribution is 0.180. The number of hydrogen-bond donors (Lipinski definition) is 4. The predicted octanol–water partition coefficient (Wildman–Crippen LogP) is 2.85. The van der Waals surface area contributed by atoms with Crippen LogP contribution >= 0.6 is 0 Å². The highest BCUT2D eigenvalue weighted by Gasteiger charge is 2.29. The lowest BCUT2D eigenvalue weighted by atomic mass is 10.1. The average molecular weight is 497 g/mol. The van der Waals surface area contributed by atoms with E-state index in [9.17, 15) is 5.11 Å². The number of aliphatic hydroxyl groups is 1. The summed E-state index contributed by atoms with van der Waals surface area (Å²) >= 11 is 0. The number of fused-ring (bicyclic) bond motifs is 2. The fourth-order valence-corrected chi connectivity index (χ4v) is 4.92. The number of hydrogen-bond acceptors (Lipinski definition) is 9. The van der Waals surface area contributed by atoms with Crippen LogP contribution in [0.1, 0.15) is 12.8 Å². The summed E-state index contributed by atoms with van der Waals surface area (Å²) in [5, 5.41) is 22.0. The van der Waals surface area contributed by atoms with Gasteiger partial charge in [0.15, 0.2) is 5.82 Å². The van der Waals surface area contributed by atoms with Gasteiger partial charge in [-0.2, -0.15) is 5.10 Å². The highest BCUT2D eigenvalue weighted by molar-refractivity contribution is 5.96. The Morgan fingerprint density at radius 2 is 1.84 bits per heavy atom. The molecule has 0 radical (unpaired) electrons. The zero-order chi connectivity index (χ0) is 24.9. The molecule has 7 rings (SSSR count). The van der Waals surface area contributed by atoms with E-state index in [4.69, 9.17) is 4.98 Å². The maximum atomic E-state index is 10.3. The Morgan fingerprint density at radius 3 is 2.68 bits per heavy atom. The van der Waals surface area contributed by atoms with E-state index < -0.39 is 6.23 Å². The number of H-pyrrole nitrogens is 2. The van der Waals surface area contributed by atoms with Gasteiger partial charge in [-0.05, 0) is 32.0 Å². The van der Waals surface area contributed by atoms with Crippen molar-refractivity contribution < 1.29 is 5.11 Å². The summed E-state index contributed by atoms with van der Waals surface area (Å²) < 4.78 is 0. The minimum absolute atomic E-state index is 0.322. The first-order valence-electron chi connectivity index (χ1n) is 12.6. The molecule has 0 amide bonds. The zero-order valence-corrected chi connectivity index (χ0v) is 20.5. The fourth-order valence-electron chi connectivity index (χ4n) is 4.92. The van der Waals surface area contributed by atoms with Gasteiger partial charge in [-0.15, -0.1) is 0 Å². The van der Waals surface area contributed by atoms with E-state index in [1.54, 1.807) is 18.6 Å². The Morgan fingerprint density at radius 1 is 1.00 bits per heavy atom. The topological polar surface area (TPSA) is 135 Å². The molecule has 2 aliphatic rings. The van der Waals surface area contributed by atoms with Crippen LogP contribution in [-0.2, 0) is 0 Å². The zero-order valence-electron chi connectivity index (χ0n) is 20.5. The molecule has 1 atom stereocenters. The molecule has 1 saturated heterocycles. The van der Waals surface area contributed by atoms with Gasteiger partial charge in [0.1, 0.15) is 17.4 Å². The number of likely N-dealkylation sites (N-methyl/N-ethyl adjacent to an activating group) is 1. The van der Waals surface area contributed by atoms with Gasteiger partial charge < -0.3 is 25.2 Å². The van der Waals surface area contributed by atoms with Crippen LogP contribution in [0.3, 0.4) is 0 Å². The second-order valence-electron chi connectivity index (χ2n) is 10.0. The van der Waals surface area contributed by atoms with E-state index in [0.29, 0.717) is 11.7 Å². The summed E-state index contributed by atoms with van der Waals surface area (Å²) in [5.41, 5.74) is 6.77. The molecule has 0 spiro atoms. The molecule has 1 unspecified atom stereocenters. The van der Waals surface area contributed by atoms with Gasteiger partial charge in [0, 0.05) is 49.2 Å². The molecule has 2 fully saturated rings. The van der Waals surface area contributed by atoms with Crippen molar-refractivity contribution in [3.8, 4) is 22.8 Å². The van der Waals surface area contributed by atoms with E-state index in [2.05, 4.69) is 52.3 Å². The maximum Gasteiger partial charge on any atom is 0.159 e. The first kappa shape index (κ1) is 22.1. The second-order valence-corrected chi connectivity index (χ2v) is 10.0. The molecule has 6 heterocycles. The minimum Gasteiger partial charge on any atom is -0.374 e. The Labute approximate surface area is 213 Å². The Kier molecular flexibility index (Phi) is 5.26. The van der Waals surface area contributed by atoms with Crippen molar-refractivity contribution in [3.05, 3.63) is 43.1 Å². The quantitative estimate of drug-likeness (QED) is 0.262. The van der Waals surface area contributed by atoms with Crippen LogP contribution in [0.4, 0.5) is 11.4 Å². The van der Waals surface area contributed by atoms with Crippen LogP contribution < -0.4 is 10.2 Å². The Balaban J connectivity index is 1.24. The SMILES string of the molecule is CN1CCN(c2cncc3[nH]c(-c4n[nH]c5cnc(-c6cncc(NC(O)C7CC7)c6)cc45)nc23)CC1. The first-order chi connectivity index (χ1) is 18.1. The molecular formula is C26H28N10O. The van der Waals surface area contributed by atoms with Crippen molar-refractivity contribution in [2.75, 3.05) is 43.4 Å². The first-order valence-corrected chi connectivity index (χ1v) is 12.6. The average Bonchev–Trinajstić information content (AvgIpc) is 3.55. The van der Waals surface area contributed by atoms with Crippen LogP contribution in [0.5, 0.6) is 0 Å². The summed E-state index contributed by atoms with van der Waals surface area (Å²) in [6.45, 7) is 3.91. The lowest BCUT2D eigenvalue weighted by Gasteiger charge is -2.33. The molecule has 37 heavy (non-hydrogen) atoms. The van der Waals surface area contributed by atoms with Gasteiger partial charge in [-0.3, -0.25) is 20.1 Å². The second kappa shape index (κ2) is 8.79. The largest absolute Gasteiger partial charge is 0.374 e. The minimum atomic E-state index is -0.550. The number of rotatable bonds is 6. The summed E-state index contributed by atoms with van der Waals surface area (Å²) in [6, 6.07) is 3.96. The van der Waals surface area contributed by atoms with Gasteiger partial charge in [-0.25, -0.2) is 4.98 Å². The third kappa shape index (κ3) is 4.15. The van der Waals surface area contributed by atoms with E-state index in [-0.39, 0.29) is 0 Å². The highest BCUT2D eigenvalue weighted by atomic mass is 16.3. The van der Waals surface area contributed by atoms with Crippen molar-refractivity contribution in [2.45, 2.75) is 19.1 Å². The van der Waals surface area contributed by atoms with Crippen molar-refractivity contribution >= 4 is 33.3 Å². The fraction of sp³-hybridized carbons (Fsp3) is 0.346. The molecule has 4 N–H and O–H groups in total. The number of anilines is 2. The molecule has 11 nitrogen and oxygen atoms in total. The molecule has 0 bridgehead atoms. The number of piperazine rings is 1. The maximum absolute atomic E-state index is 10.3. The van der Waals surface area contributed by atoms with Gasteiger partial charge >= 0.3 is 0 Å². The number of aliphatic hydroxyl groups excluding tert-OH is 1. The van der Waals surface area contributed by atoms with Crippen LogP contribution in [0.15, 0.2) is 43.1 Å². The van der Waals surface area contributed by atoms with Gasteiger partial charge in [0.2, 0.25) is 0 Å². The molecule has 1 saturated carbocycles. The molecule has 1 aliphatic heterocycles. The van der Waals surface area contributed by atoms with Crippen LogP contribution in [0.25, 0.3) is 44.7 Å². The molecule has 5 aromatic rings. The Hall–Kier alpha value is -4.09. The number of aromatic amines is 2. The Bertz CT molecular complexity index is 1580. The number of imidazole rings is 1. The third-order valence-corrected chi connectivity index (χ3v) is 7.31. The summed E-state index contributed by atoms with van der Waals surface area (Å²) in [6.07, 6.45) is 10.5. The third-order valence-electron chi connectivity index (χ3n) is 7.31. The number of nitrogens with one attached hydrogen (secondary N) is 3. The normalized spacial score (nSPS) is 17.5. The molecule has 0 aromatic carbocycles. The molecule has 188 valence electrons. The van der Waals surface area contributed by atoms with Crippen LogP contribution in [0.2, 0.25) is 0 Å². The number of aromatic nitrogens is 7. The predicted molar refractivity (Wildman–Crippen MR) is 142 cm³/mol. The smallest absolute Gasteiger partial charge is 0.159 e. The van der Waals surface area contributed by atoms with Gasteiger partial charge in [0.25, 0.3) is 0 Å². The number of nitrogens with zero attached hydrogens (tertiary/aromatic N) is 7. The summed E-state index contributed by atoms with van der Waals surface area (Å²) in [4.78, 5) is 26.5. The van der Waals surface area contributed by atoms with E-state index in [0.717, 1.165) is 89.3 Å². The van der Waals surface area contributed by atoms with Crippen molar-refractivity contribution in [2.24, 2.45) is 5.92 Å². The summed E-state index contributed by atoms with van der Waals surface area (Å²) in [7, 11) is 2.15. The van der Waals surface area contributed by atoms with Crippen molar-refractivity contribution in [1.82, 2.24) is 40.0 Å². The molecular weight excluding hydrogens is 468 g/mol. The van der Waals surface area contributed by atoms with Gasteiger partial charge in [-0.1, -0.05) is 0 Å².